The van der Waals surface area contributed by atoms with Crippen LogP contribution in [0, 0.1) is 19.3 Å². The van der Waals surface area contributed by atoms with Gasteiger partial charge in [-0.15, -0.1) is 0 Å². The van der Waals surface area contributed by atoms with Crippen LogP contribution < -0.4 is 0 Å². The highest BCUT2D eigenvalue weighted by Crippen LogP contribution is 2.32. The molecule has 2 aromatic heterocycles. The maximum atomic E-state index is 12.7. The Bertz CT molecular complexity index is 1320. The maximum Gasteiger partial charge on any atom is 0.283 e. The molecule has 0 atom stereocenters. The summed E-state index contributed by atoms with van der Waals surface area (Å²) in [5, 5.41) is 15.9. The number of furan rings is 1. The lowest BCUT2D eigenvalue weighted by molar-refractivity contribution is -0.114. The third-order valence-corrected chi connectivity index (χ3v) is 6.22. The zero-order valence-corrected chi connectivity index (χ0v) is 18.2. The van der Waals surface area contributed by atoms with Crippen LogP contribution in [0.4, 0.5) is 0 Å². The van der Waals surface area contributed by atoms with Gasteiger partial charge >= 0.3 is 0 Å². The molecule has 2 aliphatic heterocycles. The van der Waals surface area contributed by atoms with Crippen LogP contribution in [0.5, 0.6) is 0 Å². The van der Waals surface area contributed by atoms with Gasteiger partial charge in [-0.05, 0) is 79.7 Å². The largest absolute Gasteiger partial charge is 0.462 e. The summed E-state index contributed by atoms with van der Waals surface area (Å²) in [6.07, 6.45) is 3.25. The van der Waals surface area contributed by atoms with E-state index < -0.39 is 5.91 Å². The molecular formula is C22H16ClN5O2S. The number of aromatic nitrogens is 1. The average molecular weight is 450 g/mol. The van der Waals surface area contributed by atoms with Gasteiger partial charge in [-0.3, -0.25) is 10.2 Å². The van der Waals surface area contributed by atoms with Crippen LogP contribution in [0.15, 0.2) is 68.8 Å². The van der Waals surface area contributed by atoms with Crippen molar-refractivity contribution in [2.24, 2.45) is 10.1 Å². The molecule has 4 heterocycles. The Morgan fingerprint density at radius 1 is 1.19 bits per heavy atom. The number of halogens is 1. The van der Waals surface area contributed by atoms with E-state index >= 15 is 0 Å². The van der Waals surface area contributed by atoms with Crippen molar-refractivity contribution < 1.29 is 9.21 Å². The van der Waals surface area contributed by atoms with Gasteiger partial charge in [-0.1, -0.05) is 11.6 Å². The number of benzene rings is 1. The van der Waals surface area contributed by atoms with Crippen molar-refractivity contribution in [3.8, 4) is 5.69 Å². The summed E-state index contributed by atoms with van der Waals surface area (Å²) in [5.41, 5.74) is 3.93. The smallest absolute Gasteiger partial charge is 0.283 e. The van der Waals surface area contributed by atoms with E-state index in [4.69, 9.17) is 21.4 Å². The summed E-state index contributed by atoms with van der Waals surface area (Å²) in [7, 11) is 0. The summed E-state index contributed by atoms with van der Waals surface area (Å²) >= 11 is 7.22. The number of hydrazone groups is 1. The molecule has 3 aromatic rings. The molecular weight excluding hydrogens is 434 g/mol. The van der Waals surface area contributed by atoms with E-state index in [-0.39, 0.29) is 11.4 Å². The number of nitrogens with zero attached hydrogens (tertiary/aromatic N) is 4. The highest BCUT2D eigenvalue weighted by atomic mass is 35.5. The molecule has 1 amide bonds. The lowest BCUT2D eigenvalue weighted by atomic mass is 10.1. The molecule has 0 spiro atoms. The van der Waals surface area contributed by atoms with Gasteiger partial charge in [0.05, 0.1) is 11.8 Å². The second-order valence-corrected chi connectivity index (χ2v) is 8.43. The number of hydrogen-bond acceptors (Lipinski definition) is 5. The second-order valence-electron chi connectivity index (χ2n) is 7.04. The fraction of sp³-hybridized carbons (Fsp3) is 0.0909. The Hall–Kier alpha value is -3.36. The van der Waals surface area contributed by atoms with Crippen LogP contribution in [-0.2, 0) is 4.79 Å². The van der Waals surface area contributed by atoms with Crippen molar-refractivity contribution in [2.45, 2.75) is 13.8 Å². The highest BCUT2D eigenvalue weighted by molar-refractivity contribution is 8.27. The number of nitrogens with one attached hydrogen (secondary N) is 1. The lowest BCUT2D eigenvalue weighted by Crippen LogP contribution is -2.35. The van der Waals surface area contributed by atoms with Crippen molar-refractivity contribution >= 4 is 51.4 Å². The van der Waals surface area contributed by atoms with E-state index in [2.05, 4.69) is 14.7 Å². The molecule has 0 fully saturated rings. The summed E-state index contributed by atoms with van der Waals surface area (Å²) in [5.74, 6) is 0.0932. The van der Waals surface area contributed by atoms with Crippen LogP contribution in [-0.4, -0.2) is 31.5 Å². The number of thioether (sulfide) groups is 1. The minimum absolute atomic E-state index is 0.0136. The summed E-state index contributed by atoms with van der Waals surface area (Å²) < 4.78 is 7.45. The minimum atomic E-state index is -0.462. The number of amidine groups is 2. The van der Waals surface area contributed by atoms with Gasteiger partial charge in [-0.2, -0.15) is 15.1 Å². The lowest BCUT2D eigenvalue weighted by Gasteiger charge is -2.20. The number of carbonyl (C=O) groups is 1. The fourth-order valence-corrected chi connectivity index (χ4v) is 4.55. The Morgan fingerprint density at radius 3 is 2.68 bits per heavy atom. The predicted molar refractivity (Wildman–Crippen MR) is 123 cm³/mol. The molecule has 0 unspecified atom stereocenters. The number of carbonyl (C=O) groups excluding carboxylic acids is 1. The van der Waals surface area contributed by atoms with E-state index in [1.807, 2.05) is 44.2 Å². The molecule has 0 saturated carbocycles. The zero-order chi connectivity index (χ0) is 21.7. The number of aliphatic imine (C=N–C) groups is 1. The molecule has 0 saturated heterocycles. The predicted octanol–water partition coefficient (Wildman–Crippen LogP) is 5.01. The van der Waals surface area contributed by atoms with Crippen LogP contribution in [0.1, 0.15) is 22.7 Å². The third-order valence-electron chi connectivity index (χ3n) is 5.04. The van der Waals surface area contributed by atoms with Crippen molar-refractivity contribution in [1.29, 1.82) is 5.41 Å². The number of fused-ring (bicyclic) bond motifs is 1. The minimum Gasteiger partial charge on any atom is -0.462 e. The van der Waals surface area contributed by atoms with Crippen LogP contribution >= 0.6 is 23.4 Å². The van der Waals surface area contributed by atoms with E-state index in [9.17, 15) is 4.79 Å². The molecule has 0 bridgehead atoms. The molecule has 1 N–H and O–H groups in total. The molecule has 7 nitrogen and oxygen atoms in total. The molecule has 154 valence electrons. The summed E-state index contributed by atoms with van der Waals surface area (Å²) in [6, 6.07) is 13.1. The molecule has 2 aliphatic rings. The quantitative estimate of drug-likeness (QED) is 0.569. The molecule has 31 heavy (non-hydrogen) atoms. The summed E-state index contributed by atoms with van der Waals surface area (Å²) in [4.78, 5) is 16.9. The zero-order valence-electron chi connectivity index (χ0n) is 16.6. The van der Waals surface area contributed by atoms with E-state index in [0.717, 1.165) is 22.6 Å². The third kappa shape index (κ3) is 3.34. The van der Waals surface area contributed by atoms with Crippen molar-refractivity contribution in [3.63, 3.8) is 0 Å². The monoisotopic (exact) mass is 449 g/mol. The van der Waals surface area contributed by atoms with Crippen LogP contribution in [0.3, 0.4) is 0 Å². The van der Waals surface area contributed by atoms with Gasteiger partial charge in [-0.25, -0.2) is 0 Å². The normalized spacial score (nSPS) is 17.3. The van der Waals surface area contributed by atoms with Gasteiger partial charge in [0.15, 0.2) is 16.6 Å². The fourth-order valence-electron chi connectivity index (χ4n) is 3.57. The Kier molecular flexibility index (Phi) is 4.68. The van der Waals surface area contributed by atoms with Crippen LogP contribution in [0.25, 0.3) is 11.8 Å². The van der Waals surface area contributed by atoms with Crippen molar-refractivity contribution in [1.82, 2.24) is 9.58 Å². The first kappa shape index (κ1) is 19.6. The first-order valence-electron chi connectivity index (χ1n) is 9.41. The standard InChI is InChI=1S/C22H16ClN5O2S/c1-12-10-14(13(2)27(12)16-7-5-15(23)6-8-16)11-17-19(24)28-22(25-20(17)29)31-21(26-28)18-4-3-9-30-18/h3-11,24H,1-2H3/b17-11-,24-19?. The first-order valence-corrected chi connectivity index (χ1v) is 10.6. The topological polar surface area (TPSA) is 87.0 Å². The number of amides is 1. The van der Waals surface area contributed by atoms with Gasteiger partial charge < -0.3 is 8.98 Å². The van der Waals surface area contributed by atoms with E-state index in [1.54, 1.807) is 24.5 Å². The highest BCUT2D eigenvalue weighted by Gasteiger charge is 2.36. The average Bonchev–Trinajstić information content (AvgIpc) is 3.46. The molecule has 5 rings (SSSR count). The van der Waals surface area contributed by atoms with Gasteiger partial charge in [0.1, 0.15) is 0 Å². The number of aryl methyl sites for hydroxylation is 1. The number of rotatable bonds is 3. The molecule has 9 heteroatoms. The van der Waals surface area contributed by atoms with Crippen molar-refractivity contribution in [2.75, 3.05) is 0 Å². The van der Waals surface area contributed by atoms with Crippen LogP contribution in [0.2, 0.25) is 5.02 Å². The Morgan fingerprint density at radius 2 is 1.97 bits per heavy atom. The Labute approximate surface area is 187 Å². The van der Waals surface area contributed by atoms with E-state index in [0.29, 0.717) is 21.0 Å². The Balaban J connectivity index is 1.52. The van der Waals surface area contributed by atoms with Gasteiger partial charge in [0.2, 0.25) is 5.17 Å². The first-order chi connectivity index (χ1) is 14.9. The summed E-state index contributed by atoms with van der Waals surface area (Å²) in [6.45, 7) is 3.96. The number of hydrogen-bond donors (Lipinski definition) is 1. The second kappa shape index (κ2) is 7.40. The molecule has 0 aliphatic carbocycles. The maximum absolute atomic E-state index is 12.7. The van der Waals surface area contributed by atoms with Crippen molar-refractivity contribution in [3.05, 3.63) is 82.0 Å². The van der Waals surface area contributed by atoms with E-state index in [1.165, 1.54) is 16.8 Å². The van der Waals surface area contributed by atoms with Gasteiger partial charge in [0.25, 0.3) is 5.91 Å². The SMILES string of the molecule is Cc1cc(/C=C2/C(=N)N3N=C(c4ccco4)SC3=NC2=O)c(C)n1-c1ccc(Cl)cc1. The molecule has 1 aromatic carbocycles. The molecule has 0 radical (unpaired) electrons. The van der Waals surface area contributed by atoms with Gasteiger partial charge in [0, 0.05) is 22.1 Å².